The molecule has 10 rings (SSSR count). The summed E-state index contributed by atoms with van der Waals surface area (Å²) >= 11 is 0. The number of ether oxygens (including phenoxy) is 2. The first-order valence-electron chi connectivity index (χ1n) is 15.0. The summed E-state index contributed by atoms with van der Waals surface area (Å²) in [5.41, 5.74) is 9.34. The van der Waals surface area contributed by atoms with Gasteiger partial charge in [-0.2, -0.15) is 0 Å². The SMILES string of the molecule is c1cc2c3c(cccc3c1)-c1ccc(-c3cccc4c(-c5ccc6c(c5)Oc5cccc7cccc-6c57)cccc34)cc1O2. The van der Waals surface area contributed by atoms with Gasteiger partial charge in [0.25, 0.3) is 0 Å². The van der Waals surface area contributed by atoms with Gasteiger partial charge >= 0.3 is 0 Å². The minimum Gasteiger partial charge on any atom is -0.456 e. The molecular weight excluding hydrogens is 536 g/mol. The molecule has 0 N–H and O–H groups in total. The van der Waals surface area contributed by atoms with E-state index in [1.54, 1.807) is 0 Å². The lowest BCUT2D eigenvalue weighted by molar-refractivity contribution is 0.487. The lowest BCUT2D eigenvalue weighted by Crippen LogP contribution is -1.97. The van der Waals surface area contributed by atoms with Gasteiger partial charge in [0.1, 0.15) is 23.0 Å². The van der Waals surface area contributed by atoms with Crippen molar-refractivity contribution in [2.24, 2.45) is 0 Å². The van der Waals surface area contributed by atoms with E-state index < -0.39 is 0 Å². The van der Waals surface area contributed by atoms with Gasteiger partial charge in [0.15, 0.2) is 0 Å². The molecule has 0 aliphatic carbocycles. The van der Waals surface area contributed by atoms with Crippen molar-refractivity contribution in [2.45, 2.75) is 0 Å². The monoisotopic (exact) mass is 560 g/mol. The first-order valence-corrected chi connectivity index (χ1v) is 15.0. The molecule has 2 aliphatic heterocycles. The van der Waals surface area contributed by atoms with Crippen molar-refractivity contribution >= 4 is 32.3 Å². The third kappa shape index (κ3) is 3.31. The van der Waals surface area contributed by atoms with Crippen molar-refractivity contribution in [1.29, 1.82) is 0 Å². The van der Waals surface area contributed by atoms with Crippen molar-refractivity contribution in [1.82, 2.24) is 0 Å². The Hall–Kier alpha value is -5.86. The van der Waals surface area contributed by atoms with Crippen LogP contribution in [0.4, 0.5) is 0 Å². The van der Waals surface area contributed by atoms with Gasteiger partial charge in [-0.15, -0.1) is 0 Å². The van der Waals surface area contributed by atoms with E-state index in [2.05, 4.69) is 146 Å². The first-order chi connectivity index (χ1) is 21.8. The molecule has 2 aliphatic rings. The average molecular weight is 561 g/mol. The minimum atomic E-state index is 0.893. The zero-order valence-corrected chi connectivity index (χ0v) is 23.7. The highest BCUT2D eigenvalue weighted by Crippen LogP contribution is 2.50. The minimum absolute atomic E-state index is 0.893. The Morgan fingerprint density at radius 3 is 1.18 bits per heavy atom. The molecule has 204 valence electrons. The molecule has 2 nitrogen and oxygen atoms in total. The van der Waals surface area contributed by atoms with Crippen molar-refractivity contribution in [2.75, 3.05) is 0 Å². The molecule has 2 heteroatoms. The maximum Gasteiger partial charge on any atom is 0.135 e. The molecule has 0 saturated carbocycles. The number of benzene rings is 8. The van der Waals surface area contributed by atoms with Gasteiger partial charge in [-0.05, 0) is 91.3 Å². The van der Waals surface area contributed by atoms with E-state index in [-0.39, 0.29) is 0 Å². The molecule has 44 heavy (non-hydrogen) atoms. The van der Waals surface area contributed by atoms with Crippen LogP contribution in [0.1, 0.15) is 0 Å². The molecule has 0 saturated heterocycles. The summed E-state index contributed by atoms with van der Waals surface area (Å²) in [7, 11) is 0. The van der Waals surface area contributed by atoms with Gasteiger partial charge in [0.05, 0.1) is 0 Å². The highest BCUT2D eigenvalue weighted by molar-refractivity contribution is 6.08. The van der Waals surface area contributed by atoms with E-state index in [1.807, 2.05) is 0 Å². The molecule has 0 unspecified atom stereocenters. The molecular formula is C42H24O2. The molecule has 0 radical (unpaired) electrons. The number of hydrogen-bond donors (Lipinski definition) is 0. The Morgan fingerprint density at radius 2 is 0.705 bits per heavy atom. The van der Waals surface area contributed by atoms with Crippen molar-refractivity contribution in [3.05, 3.63) is 146 Å². The quantitative estimate of drug-likeness (QED) is 0.209. The zero-order chi connectivity index (χ0) is 28.8. The number of rotatable bonds is 2. The smallest absolute Gasteiger partial charge is 0.135 e. The fourth-order valence-electron chi connectivity index (χ4n) is 7.28. The van der Waals surface area contributed by atoms with Gasteiger partial charge in [-0.3, -0.25) is 0 Å². The van der Waals surface area contributed by atoms with Gasteiger partial charge in [-0.1, -0.05) is 109 Å². The summed E-state index contributed by atoms with van der Waals surface area (Å²) < 4.78 is 13.0. The Morgan fingerprint density at radius 1 is 0.295 bits per heavy atom. The average Bonchev–Trinajstić information content (AvgIpc) is 3.08. The first kappa shape index (κ1) is 23.7. The molecule has 0 bridgehead atoms. The van der Waals surface area contributed by atoms with Gasteiger partial charge in [-0.25, -0.2) is 0 Å². The van der Waals surface area contributed by atoms with Crippen LogP contribution in [-0.2, 0) is 0 Å². The van der Waals surface area contributed by atoms with Gasteiger partial charge < -0.3 is 9.47 Å². The molecule has 0 atom stereocenters. The van der Waals surface area contributed by atoms with E-state index in [1.165, 1.54) is 54.6 Å². The van der Waals surface area contributed by atoms with E-state index >= 15 is 0 Å². The highest BCUT2D eigenvalue weighted by Gasteiger charge is 2.22. The third-order valence-corrected chi connectivity index (χ3v) is 9.26. The van der Waals surface area contributed by atoms with Crippen LogP contribution in [0.25, 0.3) is 76.8 Å². The summed E-state index contributed by atoms with van der Waals surface area (Å²) in [4.78, 5) is 0. The van der Waals surface area contributed by atoms with E-state index in [9.17, 15) is 0 Å². The Kier molecular flexibility index (Phi) is 4.75. The Bertz CT molecular complexity index is 2320. The van der Waals surface area contributed by atoms with Crippen LogP contribution < -0.4 is 9.47 Å². The van der Waals surface area contributed by atoms with E-state index in [0.717, 1.165) is 45.3 Å². The van der Waals surface area contributed by atoms with Crippen LogP contribution in [0, 0.1) is 0 Å². The van der Waals surface area contributed by atoms with Crippen molar-refractivity contribution < 1.29 is 9.47 Å². The normalized spacial score (nSPS) is 12.5. The van der Waals surface area contributed by atoms with Crippen molar-refractivity contribution in [3.63, 3.8) is 0 Å². The second-order valence-electron chi connectivity index (χ2n) is 11.7. The Balaban J connectivity index is 1.10. The fourth-order valence-corrected chi connectivity index (χ4v) is 7.28. The number of hydrogen-bond acceptors (Lipinski definition) is 2. The molecule has 8 aromatic rings. The van der Waals surface area contributed by atoms with Crippen LogP contribution in [0.5, 0.6) is 23.0 Å². The van der Waals surface area contributed by atoms with Crippen LogP contribution in [0.2, 0.25) is 0 Å². The van der Waals surface area contributed by atoms with E-state index in [0.29, 0.717) is 0 Å². The molecule has 2 heterocycles. The fraction of sp³-hybridized carbons (Fsp3) is 0. The second-order valence-corrected chi connectivity index (χ2v) is 11.7. The summed E-state index contributed by atoms with van der Waals surface area (Å²) in [5.74, 6) is 3.61. The van der Waals surface area contributed by atoms with E-state index in [4.69, 9.17) is 9.47 Å². The maximum atomic E-state index is 6.50. The topological polar surface area (TPSA) is 18.5 Å². The second kappa shape index (κ2) is 8.82. The largest absolute Gasteiger partial charge is 0.456 e. The standard InChI is InChI=1S/C42H24O2/c1-7-25-9-3-17-37-41(25)35(15-1)33-21-19-27(23-39(33)43-37)29-11-5-14-32-30(12-6-13-31(29)32)28-20-22-34-36-16-2-8-26-10-4-18-38(42(26)36)44-40(34)24-28/h1-24H. The predicted octanol–water partition coefficient (Wildman–Crippen LogP) is 12.0. The molecule has 8 aromatic carbocycles. The predicted molar refractivity (Wildman–Crippen MR) is 181 cm³/mol. The summed E-state index contributed by atoms with van der Waals surface area (Å²) in [6.45, 7) is 0. The van der Waals surface area contributed by atoms with Crippen LogP contribution in [-0.4, -0.2) is 0 Å². The third-order valence-electron chi connectivity index (χ3n) is 9.26. The van der Waals surface area contributed by atoms with Crippen LogP contribution in [0.3, 0.4) is 0 Å². The molecule has 0 amide bonds. The molecule has 0 spiro atoms. The summed E-state index contributed by atoms with van der Waals surface area (Å²) in [6.07, 6.45) is 0. The lowest BCUT2D eigenvalue weighted by Gasteiger charge is -2.22. The van der Waals surface area contributed by atoms with Crippen molar-refractivity contribution in [3.8, 4) is 67.5 Å². The lowest BCUT2D eigenvalue weighted by atomic mass is 9.89. The highest BCUT2D eigenvalue weighted by atomic mass is 16.5. The molecule has 0 fully saturated rings. The van der Waals surface area contributed by atoms with Crippen LogP contribution >= 0.6 is 0 Å². The van der Waals surface area contributed by atoms with Gasteiger partial charge in [0.2, 0.25) is 0 Å². The molecule has 0 aromatic heterocycles. The zero-order valence-electron chi connectivity index (χ0n) is 23.7. The maximum absolute atomic E-state index is 6.50. The summed E-state index contributed by atoms with van der Waals surface area (Å²) in [5, 5.41) is 7.17. The Labute approximate surface area is 254 Å². The summed E-state index contributed by atoms with van der Waals surface area (Å²) in [6, 6.07) is 51.9. The van der Waals surface area contributed by atoms with Crippen LogP contribution in [0.15, 0.2) is 146 Å². The van der Waals surface area contributed by atoms with Gasteiger partial charge in [0, 0.05) is 21.9 Å². The number of fused-ring (bicyclic) bond motifs is 5.